The highest BCUT2D eigenvalue weighted by Crippen LogP contribution is 1.87. The van der Waals surface area contributed by atoms with E-state index < -0.39 is 10.8 Å². The molecule has 0 aliphatic carbocycles. The maximum absolute atomic E-state index is 10.4. The first-order valence-corrected chi connectivity index (χ1v) is 4.23. The molecule has 1 unspecified atom stereocenters. The van der Waals surface area contributed by atoms with Crippen molar-refractivity contribution < 1.29 is 4.21 Å². The van der Waals surface area contributed by atoms with E-state index in [2.05, 4.69) is 5.92 Å². The van der Waals surface area contributed by atoms with Crippen LogP contribution in [0.3, 0.4) is 0 Å². The summed E-state index contributed by atoms with van der Waals surface area (Å²) in [5.41, 5.74) is 0. The third-order valence-corrected chi connectivity index (χ3v) is 1.62. The molecule has 0 spiro atoms. The van der Waals surface area contributed by atoms with Gasteiger partial charge in [-0.25, -0.2) is 0 Å². The molecule has 0 N–H and O–H groups in total. The molecular formula is C6H10OS. The molecule has 1 nitrogen and oxygen atoms in total. The highest BCUT2D eigenvalue weighted by Gasteiger charge is 1.86. The van der Waals surface area contributed by atoms with Crippen LogP contribution in [0.25, 0.3) is 0 Å². The Hall–Kier alpha value is -0.290. The van der Waals surface area contributed by atoms with Crippen LogP contribution in [0.15, 0.2) is 0 Å². The Bertz CT molecular complexity index is 112. The SMILES string of the molecule is C#CCCCS(C)=O. The van der Waals surface area contributed by atoms with Crippen molar-refractivity contribution in [1.29, 1.82) is 0 Å². The lowest BCUT2D eigenvalue weighted by Crippen LogP contribution is -1.91. The zero-order valence-electron chi connectivity index (χ0n) is 5.02. The van der Waals surface area contributed by atoms with Crippen LogP contribution in [0.2, 0.25) is 0 Å². The highest BCUT2D eigenvalue weighted by molar-refractivity contribution is 7.84. The van der Waals surface area contributed by atoms with Gasteiger partial charge in [0, 0.05) is 29.2 Å². The average molecular weight is 130 g/mol. The quantitative estimate of drug-likeness (QED) is 0.407. The van der Waals surface area contributed by atoms with E-state index in [1.54, 1.807) is 6.26 Å². The van der Waals surface area contributed by atoms with Crippen molar-refractivity contribution in [3.8, 4) is 12.3 Å². The fourth-order valence-corrected chi connectivity index (χ4v) is 0.928. The van der Waals surface area contributed by atoms with Crippen molar-refractivity contribution in [3.63, 3.8) is 0 Å². The molecule has 8 heavy (non-hydrogen) atoms. The number of terminal acetylenes is 1. The van der Waals surface area contributed by atoms with Crippen molar-refractivity contribution in [1.82, 2.24) is 0 Å². The zero-order chi connectivity index (χ0) is 6.41. The van der Waals surface area contributed by atoms with Gasteiger partial charge in [0.15, 0.2) is 0 Å². The summed E-state index contributed by atoms with van der Waals surface area (Å²) in [7, 11) is -0.663. The van der Waals surface area contributed by atoms with Crippen LogP contribution in [0, 0.1) is 12.3 Å². The van der Waals surface area contributed by atoms with E-state index in [0.29, 0.717) is 0 Å². The van der Waals surface area contributed by atoms with Gasteiger partial charge in [-0.2, -0.15) is 0 Å². The smallest absolute Gasteiger partial charge is 0.0241 e. The van der Waals surface area contributed by atoms with Gasteiger partial charge in [-0.3, -0.25) is 4.21 Å². The van der Waals surface area contributed by atoms with Gasteiger partial charge in [0.25, 0.3) is 0 Å². The Kier molecular flexibility index (Phi) is 4.68. The fourth-order valence-electron chi connectivity index (χ4n) is 0.377. The topological polar surface area (TPSA) is 17.1 Å². The number of unbranched alkanes of at least 4 members (excludes halogenated alkanes) is 1. The van der Waals surface area contributed by atoms with Crippen LogP contribution in [-0.2, 0) is 10.8 Å². The predicted octanol–water partition coefficient (Wildman–Crippen LogP) is 0.778. The summed E-state index contributed by atoms with van der Waals surface area (Å²) in [6, 6.07) is 0. The van der Waals surface area contributed by atoms with Crippen LogP contribution in [0.4, 0.5) is 0 Å². The Balaban J connectivity index is 2.97. The number of hydrogen-bond acceptors (Lipinski definition) is 1. The molecule has 0 saturated heterocycles. The predicted molar refractivity (Wildman–Crippen MR) is 37.0 cm³/mol. The van der Waals surface area contributed by atoms with Gasteiger partial charge in [0.2, 0.25) is 0 Å². The maximum Gasteiger partial charge on any atom is 0.0241 e. The molecule has 0 aliphatic rings. The van der Waals surface area contributed by atoms with Crippen molar-refractivity contribution in [3.05, 3.63) is 0 Å². The molecule has 0 radical (unpaired) electrons. The summed E-state index contributed by atoms with van der Waals surface area (Å²) in [4.78, 5) is 0. The van der Waals surface area contributed by atoms with E-state index >= 15 is 0 Å². The second-order valence-corrected chi connectivity index (χ2v) is 3.14. The van der Waals surface area contributed by atoms with Crippen molar-refractivity contribution in [2.45, 2.75) is 12.8 Å². The Morgan fingerprint density at radius 1 is 1.75 bits per heavy atom. The normalized spacial score (nSPS) is 12.5. The third-order valence-electron chi connectivity index (χ3n) is 0.753. The average Bonchev–Trinajstić information content (AvgIpc) is 1.66. The second kappa shape index (κ2) is 4.86. The third kappa shape index (κ3) is 5.71. The standard InChI is InChI=1S/C6H10OS/c1-3-4-5-6-8(2)7/h1H,4-6H2,2H3. The summed E-state index contributed by atoms with van der Waals surface area (Å²) in [5.74, 6) is 3.23. The molecule has 0 bridgehead atoms. The number of hydrogen-bond donors (Lipinski definition) is 0. The minimum absolute atomic E-state index is 0.663. The minimum atomic E-state index is -0.663. The Morgan fingerprint density at radius 2 is 2.38 bits per heavy atom. The van der Waals surface area contributed by atoms with Gasteiger partial charge in [0.05, 0.1) is 0 Å². The fraction of sp³-hybridized carbons (Fsp3) is 0.667. The molecule has 0 aromatic carbocycles. The van der Waals surface area contributed by atoms with E-state index in [1.165, 1.54) is 0 Å². The Morgan fingerprint density at radius 3 is 2.75 bits per heavy atom. The van der Waals surface area contributed by atoms with Gasteiger partial charge >= 0.3 is 0 Å². The molecule has 0 heterocycles. The molecule has 0 saturated carbocycles. The van der Waals surface area contributed by atoms with Crippen LogP contribution in [0.1, 0.15) is 12.8 Å². The maximum atomic E-state index is 10.4. The first-order valence-electron chi connectivity index (χ1n) is 2.51. The van der Waals surface area contributed by atoms with Crippen LogP contribution in [0.5, 0.6) is 0 Å². The van der Waals surface area contributed by atoms with Crippen molar-refractivity contribution >= 4 is 10.8 Å². The molecule has 0 rings (SSSR count). The van der Waals surface area contributed by atoms with Crippen LogP contribution >= 0.6 is 0 Å². The monoisotopic (exact) mass is 130 g/mol. The summed E-state index contributed by atoms with van der Waals surface area (Å²) >= 11 is 0. The summed E-state index contributed by atoms with van der Waals surface area (Å²) < 4.78 is 10.4. The molecule has 46 valence electrons. The lowest BCUT2D eigenvalue weighted by Gasteiger charge is -1.88. The van der Waals surface area contributed by atoms with Crippen LogP contribution < -0.4 is 0 Å². The molecule has 2 heteroatoms. The molecule has 0 amide bonds. The van der Waals surface area contributed by atoms with Gasteiger partial charge in [0.1, 0.15) is 0 Å². The van der Waals surface area contributed by atoms with Gasteiger partial charge in [-0.15, -0.1) is 12.3 Å². The molecule has 0 fully saturated rings. The van der Waals surface area contributed by atoms with E-state index in [9.17, 15) is 4.21 Å². The van der Waals surface area contributed by atoms with Crippen molar-refractivity contribution in [2.24, 2.45) is 0 Å². The van der Waals surface area contributed by atoms with Gasteiger partial charge in [-0.05, 0) is 6.42 Å². The minimum Gasteiger partial charge on any atom is -0.260 e. The van der Waals surface area contributed by atoms with Gasteiger partial charge in [-0.1, -0.05) is 0 Å². The number of rotatable bonds is 3. The largest absolute Gasteiger partial charge is 0.260 e. The zero-order valence-corrected chi connectivity index (χ0v) is 5.83. The molecule has 0 aromatic rings. The van der Waals surface area contributed by atoms with Crippen LogP contribution in [-0.4, -0.2) is 16.2 Å². The van der Waals surface area contributed by atoms with E-state index in [4.69, 9.17) is 6.42 Å². The molecule has 1 atom stereocenters. The summed E-state index contributed by atoms with van der Waals surface area (Å²) in [5, 5.41) is 0. The molecule has 0 aliphatic heterocycles. The lowest BCUT2D eigenvalue weighted by atomic mass is 10.4. The summed E-state index contributed by atoms with van der Waals surface area (Å²) in [6.45, 7) is 0. The van der Waals surface area contributed by atoms with E-state index in [0.717, 1.165) is 18.6 Å². The Labute approximate surface area is 52.9 Å². The molecule has 0 aromatic heterocycles. The van der Waals surface area contributed by atoms with E-state index in [1.807, 2.05) is 0 Å². The summed E-state index contributed by atoms with van der Waals surface area (Å²) in [6.07, 6.45) is 8.29. The van der Waals surface area contributed by atoms with Crippen molar-refractivity contribution in [2.75, 3.05) is 12.0 Å². The first kappa shape index (κ1) is 7.71. The van der Waals surface area contributed by atoms with E-state index in [-0.39, 0.29) is 0 Å². The molecular weight excluding hydrogens is 120 g/mol. The van der Waals surface area contributed by atoms with Gasteiger partial charge < -0.3 is 0 Å². The first-order chi connectivity index (χ1) is 3.77. The second-order valence-electron chi connectivity index (χ2n) is 1.58. The lowest BCUT2D eigenvalue weighted by molar-refractivity contribution is 0.684. The highest BCUT2D eigenvalue weighted by atomic mass is 32.2.